The highest BCUT2D eigenvalue weighted by molar-refractivity contribution is 5.51. The van der Waals surface area contributed by atoms with Crippen LogP contribution in [-0.4, -0.2) is 4.98 Å². The van der Waals surface area contributed by atoms with Crippen LogP contribution in [0.3, 0.4) is 0 Å². The maximum Gasteiger partial charge on any atom is 0.207 e. The van der Waals surface area contributed by atoms with Gasteiger partial charge in [0.15, 0.2) is 0 Å². The second-order valence-corrected chi connectivity index (χ2v) is 1.59. The molecular weight excluding hydrogens is 114 g/mol. The minimum atomic E-state index is 0.481. The predicted molar refractivity (Wildman–Crippen MR) is 34.9 cm³/mol. The zero-order chi connectivity index (χ0) is 6.69. The Kier molecular flexibility index (Phi) is 1.32. The van der Waals surface area contributed by atoms with Gasteiger partial charge in [0.2, 0.25) is 5.69 Å². The quantitative estimate of drug-likeness (QED) is 0.521. The summed E-state index contributed by atoms with van der Waals surface area (Å²) < 4.78 is 0. The Morgan fingerprint density at radius 2 is 2.33 bits per heavy atom. The number of nitrogen functional groups attached to an aromatic ring is 1. The fourth-order valence-corrected chi connectivity index (χ4v) is 0.506. The summed E-state index contributed by atoms with van der Waals surface area (Å²) >= 11 is 0. The van der Waals surface area contributed by atoms with Crippen LogP contribution >= 0.6 is 0 Å². The van der Waals surface area contributed by atoms with Gasteiger partial charge in [0, 0.05) is 18.1 Å². The number of anilines is 1. The van der Waals surface area contributed by atoms with Gasteiger partial charge < -0.3 is 5.73 Å². The second-order valence-electron chi connectivity index (χ2n) is 1.59. The first-order chi connectivity index (χ1) is 4.33. The van der Waals surface area contributed by atoms with Crippen LogP contribution < -0.4 is 5.73 Å². The fraction of sp³-hybridized carbons (Fsp3) is 0. The molecule has 9 heavy (non-hydrogen) atoms. The lowest BCUT2D eigenvalue weighted by Crippen LogP contribution is -1.83. The monoisotopic (exact) mass is 119 g/mol. The van der Waals surface area contributed by atoms with E-state index < -0.39 is 0 Å². The van der Waals surface area contributed by atoms with Crippen LogP contribution in [0.15, 0.2) is 18.5 Å². The van der Waals surface area contributed by atoms with Gasteiger partial charge in [-0.15, -0.1) is 0 Å². The van der Waals surface area contributed by atoms with Crippen molar-refractivity contribution in [3.8, 4) is 0 Å². The van der Waals surface area contributed by atoms with E-state index in [-0.39, 0.29) is 0 Å². The molecule has 3 nitrogen and oxygen atoms in total. The maximum atomic E-state index is 6.57. The third-order valence-corrected chi connectivity index (χ3v) is 0.874. The van der Waals surface area contributed by atoms with Crippen molar-refractivity contribution in [2.75, 3.05) is 5.73 Å². The highest BCUT2D eigenvalue weighted by atomic mass is 14.7. The van der Waals surface area contributed by atoms with Gasteiger partial charge >= 0.3 is 0 Å². The molecule has 0 aliphatic carbocycles. The Morgan fingerprint density at radius 1 is 1.56 bits per heavy atom. The highest BCUT2D eigenvalue weighted by Crippen LogP contribution is 2.11. The smallest absolute Gasteiger partial charge is 0.207 e. The lowest BCUT2D eigenvalue weighted by atomic mass is 10.4. The van der Waals surface area contributed by atoms with E-state index in [2.05, 4.69) is 9.83 Å². The summed E-state index contributed by atoms with van der Waals surface area (Å²) in [5, 5.41) is 0. The Bertz CT molecular complexity index is 249. The lowest BCUT2D eigenvalue weighted by Gasteiger charge is -1.88. The molecule has 0 aromatic carbocycles. The van der Waals surface area contributed by atoms with Gasteiger partial charge in [-0.25, -0.2) is 4.85 Å². The number of nitrogens with zero attached hydrogens (tertiary/aromatic N) is 2. The van der Waals surface area contributed by atoms with Crippen molar-refractivity contribution >= 4 is 11.4 Å². The second kappa shape index (κ2) is 2.14. The van der Waals surface area contributed by atoms with Crippen LogP contribution in [0.2, 0.25) is 0 Å². The Balaban J connectivity index is 3.12. The summed E-state index contributed by atoms with van der Waals surface area (Å²) in [7, 11) is 0. The van der Waals surface area contributed by atoms with Crippen LogP contribution in [0.4, 0.5) is 11.4 Å². The molecule has 1 heterocycles. The molecule has 0 aliphatic rings. The first-order valence-corrected chi connectivity index (χ1v) is 2.41. The van der Waals surface area contributed by atoms with E-state index in [1.807, 2.05) is 0 Å². The summed E-state index contributed by atoms with van der Waals surface area (Å²) in [6.07, 6.45) is 2.98. The summed E-state index contributed by atoms with van der Waals surface area (Å²) in [6.45, 7) is 6.57. The average molecular weight is 119 g/mol. The van der Waals surface area contributed by atoms with E-state index in [1.165, 1.54) is 12.4 Å². The molecule has 0 amide bonds. The lowest BCUT2D eigenvalue weighted by molar-refractivity contribution is 1.34. The van der Waals surface area contributed by atoms with E-state index in [1.54, 1.807) is 6.07 Å². The standard InChI is InChI=1S/C6H5N3/c1-8-6-2-5(7)3-9-4-6/h2-4H,7H2. The molecular formula is C6H5N3. The van der Waals surface area contributed by atoms with E-state index in [0.29, 0.717) is 11.4 Å². The van der Waals surface area contributed by atoms with Gasteiger partial charge in [-0.3, -0.25) is 4.98 Å². The molecule has 0 saturated heterocycles. The van der Waals surface area contributed by atoms with Crippen LogP contribution in [0.1, 0.15) is 0 Å². The van der Waals surface area contributed by atoms with E-state index >= 15 is 0 Å². The SMILES string of the molecule is [C-]#[N+]c1cncc(N)c1. The van der Waals surface area contributed by atoms with Gasteiger partial charge in [0.05, 0.1) is 6.57 Å². The minimum Gasteiger partial charge on any atom is -0.399 e. The summed E-state index contributed by atoms with van der Waals surface area (Å²) in [5.41, 5.74) is 6.34. The van der Waals surface area contributed by atoms with Crippen LogP contribution in [0, 0.1) is 6.57 Å². The van der Waals surface area contributed by atoms with Gasteiger partial charge in [-0.2, -0.15) is 0 Å². The summed E-state index contributed by atoms with van der Waals surface area (Å²) in [6, 6.07) is 1.58. The maximum absolute atomic E-state index is 6.57. The zero-order valence-electron chi connectivity index (χ0n) is 4.70. The minimum absolute atomic E-state index is 0.481. The normalized spacial score (nSPS) is 8.33. The van der Waals surface area contributed by atoms with Crippen molar-refractivity contribution in [2.45, 2.75) is 0 Å². The molecule has 1 aromatic heterocycles. The van der Waals surface area contributed by atoms with Crippen molar-refractivity contribution in [3.63, 3.8) is 0 Å². The number of aromatic nitrogens is 1. The molecule has 0 aliphatic heterocycles. The molecule has 0 radical (unpaired) electrons. The van der Waals surface area contributed by atoms with Crippen molar-refractivity contribution in [1.82, 2.24) is 4.98 Å². The fourth-order valence-electron chi connectivity index (χ4n) is 0.506. The van der Waals surface area contributed by atoms with Gasteiger partial charge in [0.25, 0.3) is 0 Å². The first kappa shape index (κ1) is 5.57. The molecule has 1 aromatic rings. The van der Waals surface area contributed by atoms with E-state index in [9.17, 15) is 0 Å². The molecule has 0 bridgehead atoms. The largest absolute Gasteiger partial charge is 0.399 e. The van der Waals surface area contributed by atoms with Crippen molar-refractivity contribution in [2.24, 2.45) is 0 Å². The molecule has 2 N–H and O–H groups in total. The van der Waals surface area contributed by atoms with Crippen molar-refractivity contribution in [3.05, 3.63) is 29.9 Å². The Morgan fingerprint density at radius 3 is 2.78 bits per heavy atom. The van der Waals surface area contributed by atoms with Crippen LogP contribution in [0.5, 0.6) is 0 Å². The number of pyridine rings is 1. The number of hydrogen-bond acceptors (Lipinski definition) is 2. The topological polar surface area (TPSA) is 43.3 Å². The Hall–Kier alpha value is -1.56. The first-order valence-electron chi connectivity index (χ1n) is 2.41. The van der Waals surface area contributed by atoms with Gasteiger partial charge in [-0.05, 0) is 6.07 Å². The van der Waals surface area contributed by atoms with Crippen LogP contribution in [0.25, 0.3) is 4.85 Å². The molecule has 1 rings (SSSR count). The van der Waals surface area contributed by atoms with E-state index in [0.717, 1.165) is 0 Å². The van der Waals surface area contributed by atoms with Crippen molar-refractivity contribution < 1.29 is 0 Å². The third kappa shape index (κ3) is 1.16. The Labute approximate surface area is 53.0 Å². The van der Waals surface area contributed by atoms with E-state index in [4.69, 9.17) is 12.3 Å². The molecule has 0 unspecified atom stereocenters. The van der Waals surface area contributed by atoms with Gasteiger partial charge in [0.1, 0.15) is 0 Å². The number of nitrogens with two attached hydrogens (primary N) is 1. The third-order valence-electron chi connectivity index (χ3n) is 0.874. The van der Waals surface area contributed by atoms with Crippen molar-refractivity contribution in [1.29, 1.82) is 0 Å². The summed E-state index contributed by atoms with van der Waals surface area (Å²) in [4.78, 5) is 6.86. The van der Waals surface area contributed by atoms with Crippen LogP contribution in [-0.2, 0) is 0 Å². The molecule has 0 saturated carbocycles. The predicted octanol–water partition coefficient (Wildman–Crippen LogP) is 1.21. The summed E-state index contributed by atoms with van der Waals surface area (Å²) in [5.74, 6) is 0. The number of hydrogen-bond donors (Lipinski definition) is 1. The number of rotatable bonds is 0. The molecule has 0 fully saturated rings. The highest BCUT2D eigenvalue weighted by Gasteiger charge is 1.88. The molecule has 44 valence electrons. The average Bonchev–Trinajstić information content (AvgIpc) is 1.88. The molecule has 3 heteroatoms. The zero-order valence-corrected chi connectivity index (χ0v) is 4.70. The molecule has 0 atom stereocenters. The van der Waals surface area contributed by atoms with Gasteiger partial charge in [-0.1, -0.05) is 0 Å². The molecule has 0 spiro atoms.